The lowest BCUT2D eigenvalue weighted by Crippen LogP contribution is -2.47. The van der Waals surface area contributed by atoms with Crippen LogP contribution in [0, 0.1) is 5.92 Å². The van der Waals surface area contributed by atoms with Crippen LogP contribution in [0.2, 0.25) is 0 Å². The molecule has 132 valence electrons. The largest absolute Gasteiger partial charge is 0.349 e. The van der Waals surface area contributed by atoms with Crippen molar-refractivity contribution in [2.75, 3.05) is 26.5 Å². The van der Waals surface area contributed by atoms with Gasteiger partial charge in [-0.15, -0.1) is 0 Å². The fourth-order valence-corrected chi connectivity index (χ4v) is 3.58. The van der Waals surface area contributed by atoms with Gasteiger partial charge in [0.1, 0.15) is 0 Å². The maximum atomic E-state index is 14.1. The number of H-pyrrole nitrogens is 1. The number of hydrogen-bond donors (Lipinski definition) is 1. The van der Waals surface area contributed by atoms with Crippen molar-refractivity contribution in [1.29, 1.82) is 0 Å². The predicted molar refractivity (Wildman–Crippen MR) is 106 cm³/mol. The highest BCUT2D eigenvalue weighted by molar-refractivity contribution is 9.10. The Balaban J connectivity index is 2.15. The van der Waals surface area contributed by atoms with E-state index in [0.29, 0.717) is 4.90 Å². The van der Waals surface area contributed by atoms with Crippen LogP contribution in [0.3, 0.4) is 0 Å². The van der Waals surface area contributed by atoms with Gasteiger partial charge in [0.05, 0.1) is 16.0 Å². The van der Waals surface area contributed by atoms with Crippen molar-refractivity contribution in [2.24, 2.45) is 5.92 Å². The van der Waals surface area contributed by atoms with Crippen LogP contribution in [0.25, 0.3) is 16.5 Å². The smallest absolute Gasteiger partial charge is 0.230 e. The fourth-order valence-electron chi connectivity index (χ4n) is 3.07. The number of carbonyl (C=O) groups is 1. The molecule has 0 fully saturated rings. The zero-order valence-corrected chi connectivity index (χ0v) is 14.1. The van der Waals surface area contributed by atoms with Gasteiger partial charge in [-0.2, -0.15) is 0 Å². The third-order valence-corrected chi connectivity index (χ3v) is 4.76. The van der Waals surface area contributed by atoms with Gasteiger partial charge in [-0.05, 0) is 65.7 Å². The number of nitrogens with zero attached hydrogens (tertiary/aromatic N) is 2. The first-order valence-corrected chi connectivity index (χ1v) is 7.97. The summed E-state index contributed by atoms with van der Waals surface area (Å²) in [5.74, 6) is -4.21. The summed E-state index contributed by atoms with van der Waals surface area (Å²) in [6.07, 6.45) is -2.73. The Bertz CT molecular complexity index is 1560. The lowest BCUT2D eigenvalue weighted by Gasteiger charge is -2.40. The average molecular weight is 421 g/mol. The van der Waals surface area contributed by atoms with Gasteiger partial charge >= 0.3 is 0 Å². The normalized spacial score (nSPS) is 38.8. The molecule has 1 amide bonds. The molecule has 1 aliphatic carbocycles. The minimum Gasteiger partial charge on any atom is -0.349 e. The fraction of sp³-hybridized carbons (Fsp3) is 0.450. The first-order chi connectivity index (χ1) is 19.5. The maximum Gasteiger partial charge on any atom is 0.230 e. The number of rotatable bonds is 3. The highest BCUT2D eigenvalue weighted by atomic mass is 79.9. The first-order valence-electron chi connectivity index (χ1n) is 16.7. The summed E-state index contributed by atoms with van der Waals surface area (Å²) in [5.41, 5.74) is -1.40. The number of hydrogen-bond acceptors (Lipinski definition) is 2. The molecule has 2 aliphatic rings. The molecule has 1 N–H and O–H groups in total. The molecule has 5 heteroatoms. The van der Waals surface area contributed by atoms with Crippen LogP contribution >= 0.6 is 15.9 Å². The van der Waals surface area contributed by atoms with Crippen molar-refractivity contribution in [2.45, 2.75) is 26.1 Å². The monoisotopic (exact) mass is 420 g/mol. The number of likely N-dealkylation sites (N-methyl/N-ethyl adjacent to an activating group) is 1. The number of aromatic amines is 1. The van der Waals surface area contributed by atoms with Crippen LogP contribution in [0.4, 0.5) is 0 Å². The number of aromatic nitrogens is 1. The van der Waals surface area contributed by atoms with Crippen molar-refractivity contribution >= 4 is 38.3 Å². The van der Waals surface area contributed by atoms with Gasteiger partial charge in [0.2, 0.25) is 5.91 Å². The second-order valence-electron chi connectivity index (χ2n) is 5.52. The van der Waals surface area contributed by atoms with E-state index in [9.17, 15) is 4.79 Å². The minimum absolute atomic E-state index is 0.0468. The topological polar surface area (TPSA) is 39.3 Å². The number of halogens is 1. The molecule has 0 radical (unpaired) electrons. The molecule has 0 saturated heterocycles. The molecule has 0 bridgehead atoms. The quantitative estimate of drug-likeness (QED) is 0.822. The standard InChI is InChI=1S/C20H24BrN3O/c1-4-24(5-2)20(25)12-9-14-13-7-6-8-16-18(13)15(19(21)22-16)10-17(14)23(3)11-12/h6-9,12,17,22H,4-5,10-11H2,1-3H3/t12-,17-/m1/s1/i1D3,2D3,3D3,4D2,5D2,6D,7D,8D,9D,10D2. The van der Waals surface area contributed by atoms with E-state index >= 15 is 0 Å². The van der Waals surface area contributed by atoms with Gasteiger partial charge < -0.3 is 9.88 Å². The van der Waals surface area contributed by atoms with Crippen LogP contribution < -0.4 is 0 Å². The number of carbonyl (C=O) groups excluding carboxylic acids is 1. The minimum atomic E-state index is -4.01. The molecule has 0 unspecified atom stereocenters. The van der Waals surface area contributed by atoms with E-state index < -0.39 is 99.1 Å². The third kappa shape index (κ3) is 2.56. The summed E-state index contributed by atoms with van der Waals surface area (Å²) in [6.45, 7) is -20.1. The Kier molecular flexibility index (Phi) is 1.43. The second-order valence-corrected chi connectivity index (χ2v) is 6.31. The van der Waals surface area contributed by atoms with E-state index in [-0.39, 0.29) is 26.6 Å². The Hall–Kier alpha value is -1.59. The Morgan fingerprint density at radius 2 is 2.40 bits per heavy atom. The van der Waals surface area contributed by atoms with Gasteiger partial charge in [-0.1, -0.05) is 18.1 Å². The summed E-state index contributed by atoms with van der Waals surface area (Å²) in [7, 11) is 0. The van der Waals surface area contributed by atoms with Crippen LogP contribution in [0.1, 0.15) is 50.9 Å². The summed E-state index contributed by atoms with van der Waals surface area (Å²) < 4.78 is 155. The molecular weight excluding hydrogens is 378 g/mol. The lowest BCUT2D eigenvalue weighted by molar-refractivity contribution is -0.134. The van der Waals surface area contributed by atoms with Gasteiger partial charge in [-0.3, -0.25) is 9.69 Å². The Morgan fingerprint density at radius 1 is 1.56 bits per heavy atom. The molecule has 25 heavy (non-hydrogen) atoms. The highest BCUT2D eigenvalue weighted by Crippen LogP contribution is 2.43. The second kappa shape index (κ2) is 6.29. The van der Waals surface area contributed by atoms with Gasteiger partial charge in [0.25, 0.3) is 0 Å². The molecule has 1 aliphatic heterocycles. The van der Waals surface area contributed by atoms with Crippen LogP contribution in [-0.4, -0.2) is 53.2 Å². The van der Waals surface area contributed by atoms with E-state index in [4.69, 9.17) is 26.0 Å². The number of nitrogens with one attached hydrogen (secondary N) is 1. The zero-order chi connectivity index (χ0) is 34.1. The van der Waals surface area contributed by atoms with E-state index in [1.807, 2.05) is 0 Å². The molecule has 2 aromatic rings. The zero-order valence-electron chi connectivity index (χ0n) is 31.5. The van der Waals surface area contributed by atoms with E-state index in [1.165, 1.54) is 0 Å². The molecule has 1 aromatic carbocycles. The van der Waals surface area contributed by atoms with Crippen molar-refractivity contribution < 1.29 is 30.8 Å². The highest BCUT2D eigenvalue weighted by Gasteiger charge is 2.37. The van der Waals surface area contributed by atoms with Gasteiger partial charge in [0.15, 0.2) is 0 Å². The molecule has 4 rings (SSSR count). The van der Waals surface area contributed by atoms with E-state index in [1.54, 1.807) is 0 Å². The number of amides is 1. The molecule has 2 heterocycles. The first kappa shape index (κ1) is 5.70. The number of fused-ring (bicyclic) bond motifs is 2. The summed E-state index contributed by atoms with van der Waals surface area (Å²) >= 11 is 3.16. The molecule has 0 spiro atoms. The van der Waals surface area contributed by atoms with Crippen molar-refractivity contribution in [1.82, 2.24) is 14.8 Å². The van der Waals surface area contributed by atoms with E-state index in [0.717, 1.165) is 0 Å². The average Bonchev–Trinajstić information content (AvgIpc) is 3.18. The van der Waals surface area contributed by atoms with Crippen molar-refractivity contribution in [3.05, 3.63) is 39.9 Å². The number of benzene rings is 1. The third-order valence-electron chi connectivity index (χ3n) is 4.17. The van der Waals surface area contributed by atoms with Crippen LogP contribution in [0.15, 0.2) is 28.8 Å². The molecular formula is C20H24BrN3O. The van der Waals surface area contributed by atoms with Crippen molar-refractivity contribution in [3.63, 3.8) is 0 Å². The summed E-state index contributed by atoms with van der Waals surface area (Å²) in [5, 5.41) is -0.171. The van der Waals surface area contributed by atoms with Gasteiger partial charge in [0, 0.05) is 57.0 Å². The Morgan fingerprint density at radius 3 is 3.16 bits per heavy atom. The molecule has 1 aromatic heterocycles. The lowest BCUT2D eigenvalue weighted by atomic mass is 9.79. The molecule has 2 atom stereocenters. The SMILES string of the molecule is [2H]C1=C2c3c([2H])c([2H])c([2H])c4[nH]c(Br)c(c34)C([2H])([2H])[C@H]2N(C([2H])([2H])[2H])C[C@@H]1C(=O)N(C([2H])([2H])C([2H])([2H])[2H])C([2H])([2H])C([2H])([2H])[2H]. The Labute approximate surface area is 183 Å². The van der Waals surface area contributed by atoms with E-state index in [2.05, 4.69) is 20.9 Å². The predicted octanol–water partition coefficient (Wildman–Crippen LogP) is 3.67. The summed E-state index contributed by atoms with van der Waals surface area (Å²) in [4.78, 5) is 16.5. The van der Waals surface area contributed by atoms with Crippen molar-refractivity contribution in [3.8, 4) is 0 Å². The van der Waals surface area contributed by atoms with Crippen LogP contribution in [0.5, 0.6) is 0 Å². The molecule has 0 saturated carbocycles. The summed E-state index contributed by atoms with van der Waals surface area (Å²) in [6, 6.07) is -4.89. The maximum absolute atomic E-state index is 14.1. The van der Waals surface area contributed by atoms with Crippen LogP contribution in [-0.2, 0) is 11.2 Å². The molecule has 4 nitrogen and oxygen atoms in total. The van der Waals surface area contributed by atoms with Gasteiger partial charge in [-0.25, -0.2) is 0 Å².